The summed E-state index contributed by atoms with van der Waals surface area (Å²) in [6.07, 6.45) is -4.54. The van der Waals surface area contributed by atoms with E-state index in [4.69, 9.17) is 4.74 Å². The number of amidine groups is 3. The van der Waals surface area contributed by atoms with E-state index in [1.54, 1.807) is 0 Å². The van der Waals surface area contributed by atoms with Gasteiger partial charge in [0.25, 0.3) is 0 Å². The monoisotopic (exact) mass is 451 g/mol. The van der Waals surface area contributed by atoms with Crippen LogP contribution in [0, 0.1) is 13.8 Å². The third-order valence-corrected chi connectivity index (χ3v) is 4.80. The first-order chi connectivity index (χ1) is 15.7. The molecule has 0 saturated carbocycles. The maximum atomic E-state index is 12.7. The lowest BCUT2D eigenvalue weighted by Crippen LogP contribution is -2.48. The Morgan fingerprint density at radius 1 is 0.667 bits per heavy atom. The fourth-order valence-electron chi connectivity index (χ4n) is 3.14. The van der Waals surface area contributed by atoms with Crippen LogP contribution in [-0.4, -0.2) is 53.3 Å². The summed E-state index contributed by atoms with van der Waals surface area (Å²) in [7, 11) is 0. The third kappa shape index (κ3) is 4.29. The highest BCUT2D eigenvalue weighted by atomic mass is 19.4. The topological polar surface area (TPSA) is 86.6 Å². The summed E-state index contributed by atoms with van der Waals surface area (Å²) in [6.45, 7) is 2.37. The van der Waals surface area contributed by atoms with E-state index in [1.165, 1.54) is 4.90 Å². The molecular weight excluding hydrogens is 435 g/mol. The van der Waals surface area contributed by atoms with E-state index < -0.39 is 18.8 Å². The quantitative estimate of drug-likeness (QED) is 0.710. The van der Waals surface area contributed by atoms with E-state index in [9.17, 15) is 13.2 Å². The highest BCUT2D eigenvalue weighted by Crippen LogP contribution is 2.22. The molecule has 0 unspecified atom stereocenters. The first-order valence-electron chi connectivity index (χ1n) is 9.91. The van der Waals surface area contributed by atoms with Crippen molar-refractivity contribution in [2.24, 2.45) is 30.0 Å². The lowest BCUT2D eigenvalue weighted by molar-refractivity contribution is -0.156. The van der Waals surface area contributed by atoms with E-state index in [0.717, 1.165) is 11.1 Å². The SMILES string of the molecule is Cc1ccc(C2=NC3=NC(OCC(F)(F)F)=NC4=NC(c5ccc(C)cc5)=NC(=N2)N34)cc1. The molecule has 0 atom stereocenters. The number of aliphatic imine (C=N–C) groups is 6. The molecule has 0 aromatic heterocycles. The summed E-state index contributed by atoms with van der Waals surface area (Å²) in [5.41, 5.74) is 3.51. The first-order valence-corrected chi connectivity index (χ1v) is 9.91. The van der Waals surface area contributed by atoms with Crippen molar-refractivity contribution in [3.63, 3.8) is 0 Å². The molecule has 0 aliphatic carbocycles. The average molecular weight is 451 g/mol. The van der Waals surface area contributed by atoms with Gasteiger partial charge in [-0.1, -0.05) is 59.7 Å². The van der Waals surface area contributed by atoms with Crippen LogP contribution in [0.15, 0.2) is 78.5 Å². The molecule has 11 heteroatoms. The van der Waals surface area contributed by atoms with Crippen LogP contribution in [0.4, 0.5) is 13.2 Å². The molecule has 33 heavy (non-hydrogen) atoms. The van der Waals surface area contributed by atoms with Crippen LogP contribution in [0.2, 0.25) is 0 Å². The Labute approximate surface area is 186 Å². The Hall–Kier alpha value is -4.15. The number of alkyl halides is 3. The number of rotatable bonds is 3. The fraction of sp³-hybridized carbons (Fsp3) is 0.182. The lowest BCUT2D eigenvalue weighted by Gasteiger charge is -2.30. The van der Waals surface area contributed by atoms with Gasteiger partial charge >= 0.3 is 12.2 Å². The van der Waals surface area contributed by atoms with E-state index >= 15 is 0 Å². The smallest absolute Gasteiger partial charge is 0.422 e. The molecule has 0 bridgehead atoms. The van der Waals surface area contributed by atoms with Crippen LogP contribution in [0.1, 0.15) is 22.3 Å². The second kappa shape index (κ2) is 7.76. The molecule has 0 saturated heterocycles. The van der Waals surface area contributed by atoms with Crippen molar-refractivity contribution in [3.05, 3.63) is 70.8 Å². The van der Waals surface area contributed by atoms with Crippen LogP contribution in [0.25, 0.3) is 0 Å². The number of halogens is 3. The fourth-order valence-corrected chi connectivity index (χ4v) is 3.14. The minimum atomic E-state index is -4.54. The maximum absolute atomic E-state index is 12.7. The molecule has 3 heterocycles. The van der Waals surface area contributed by atoms with Crippen LogP contribution in [0.5, 0.6) is 0 Å². The molecule has 2 aromatic rings. The van der Waals surface area contributed by atoms with Gasteiger partial charge in [0.05, 0.1) is 0 Å². The second-order valence-electron chi connectivity index (χ2n) is 7.47. The molecule has 0 spiro atoms. The predicted octanol–water partition coefficient (Wildman–Crippen LogP) is 3.84. The predicted molar refractivity (Wildman–Crippen MR) is 119 cm³/mol. The van der Waals surface area contributed by atoms with Crippen molar-refractivity contribution in [1.82, 2.24) is 4.90 Å². The molecule has 5 rings (SSSR count). The van der Waals surface area contributed by atoms with Gasteiger partial charge < -0.3 is 4.74 Å². The largest absolute Gasteiger partial charge is 0.454 e. The van der Waals surface area contributed by atoms with Gasteiger partial charge in [-0.25, -0.2) is 4.90 Å². The molecule has 0 amide bonds. The number of ether oxygens (including phenoxy) is 1. The van der Waals surface area contributed by atoms with Crippen molar-refractivity contribution >= 4 is 35.6 Å². The van der Waals surface area contributed by atoms with Crippen LogP contribution in [0.3, 0.4) is 0 Å². The van der Waals surface area contributed by atoms with Gasteiger partial charge in [-0.3, -0.25) is 0 Å². The van der Waals surface area contributed by atoms with Crippen molar-refractivity contribution in [2.75, 3.05) is 6.61 Å². The summed E-state index contributed by atoms with van der Waals surface area (Å²) in [5, 5.41) is 0. The zero-order chi connectivity index (χ0) is 23.2. The molecule has 3 aliphatic heterocycles. The molecule has 0 radical (unpaired) electrons. The van der Waals surface area contributed by atoms with Gasteiger partial charge in [-0.2, -0.15) is 43.1 Å². The number of guanidine groups is 3. The van der Waals surface area contributed by atoms with Crippen molar-refractivity contribution in [2.45, 2.75) is 20.0 Å². The van der Waals surface area contributed by atoms with E-state index in [0.29, 0.717) is 22.8 Å². The Bertz CT molecular complexity index is 1260. The Morgan fingerprint density at radius 3 is 1.61 bits per heavy atom. The number of aryl methyl sites for hydroxylation is 2. The van der Waals surface area contributed by atoms with E-state index in [1.807, 2.05) is 62.4 Å². The third-order valence-electron chi connectivity index (χ3n) is 4.80. The number of hydrogen-bond donors (Lipinski definition) is 0. The van der Waals surface area contributed by atoms with E-state index in [2.05, 4.69) is 30.0 Å². The molecule has 8 nitrogen and oxygen atoms in total. The Balaban J connectivity index is 1.61. The van der Waals surface area contributed by atoms with E-state index in [-0.39, 0.29) is 17.9 Å². The summed E-state index contributed by atoms with van der Waals surface area (Å²) in [6, 6.07) is 14.5. The molecule has 3 aliphatic rings. The Kier molecular flexibility index (Phi) is 4.88. The zero-order valence-electron chi connectivity index (χ0n) is 17.5. The van der Waals surface area contributed by atoms with Gasteiger partial charge in [-0.15, -0.1) is 0 Å². The lowest BCUT2D eigenvalue weighted by atomic mass is 10.1. The van der Waals surface area contributed by atoms with Gasteiger partial charge in [0.1, 0.15) is 0 Å². The number of hydrogen-bond acceptors (Lipinski definition) is 8. The minimum absolute atomic E-state index is 0.0215. The van der Waals surface area contributed by atoms with Gasteiger partial charge in [0, 0.05) is 11.1 Å². The summed E-state index contributed by atoms with van der Waals surface area (Å²) in [4.78, 5) is 27.4. The molecule has 166 valence electrons. The van der Waals surface area contributed by atoms with Crippen LogP contribution in [-0.2, 0) is 4.74 Å². The molecule has 0 fully saturated rings. The minimum Gasteiger partial charge on any atom is -0.454 e. The Morgan fingerprint density at radius 2 is 1.12 bits per heavy atom. The molecule has 2 aromatic carbocycles. The van der Waals surface area contributed by atoms with Crippen molar-refractivity contribution < 1.29 is 17.9 Å². The highest BCUT2D eigenvalue weighted by Gasteiger charge is 2.37. The van der Waals surface area contributed by atoms with Crippen LogP contribution >= 0.6 is 0 Å². The highest BCUT2D eigenvalue weighted by molar-refractivity contribution is 6.32. The van der Waals surface area contributed by atoms with Crippen molar-refractivity contribution in [1.29, 1.82) is 0 Å². The normalized spacial score (nSPS) is 17.2. The second-order valence-corrected chi connectivity index (χ2v) is 7.47. The summed E-state index contributed by atoms with van der Waals surface area (Å²) in [5.74, 6) is 0.871. The zero-order valence-corrected chi connectivity index (χ0v) is 17.5. The summed E-state index contributed by atoms with van der Waals surface area (Å²) >= 11 is 0. The maximum Gasteiger partial charge on any atom is 0.422 e. The number of nitrogens with zero attached hydrogens (tertiary/aromatic N) is 7. The molecule has 0 N–H and O–H groups in total. The first kappa shape index (κ1) is 20.7. The van der Waals surface area contributed by atoms with Gasteiger partial charge in [-0.05, 0) is 13.8 Å². The summed E-state index contributed by atoms with van der Waals surface area (Å²) < 4.78 is 42.9. The van der Waals surface area contributed by atoms with Gasteiger partial charge in [0.2, 0.25) is 17.9 Å². The average Bonchev–Trinajstić information content (AvgIpc) is 2.78. The molecular formula is C22H16F3N7O. The van der Waals surface area contributed by atoms with Crippen molar-refractivity contribution in [3.8, 4) is 0 Å². The van der Waals surface area contributed by atoms with Crippen LogP contribution < -0.4 is 0 Å². The standard InChI is InChI=1S/C22H16F3N7O/c1-12-3-7-14(8-4-12)16-26-18-27-17(15-9-5-13(2)6-10-15)29-20-31-21(33-11-22(23,24)25)30-19(28-16)32(18)20/h3-10H,11H2,1-2H3. The van der Waals surface area contributed by atoms with Gasteiger partial charge in [0.15, 0.2) is 18.3 Å². The number of benzene rings is 2.